The van der Waals surface area contributed by atoms with Crippen LogP contribution in [0.4, 0.5) is 11.4 Å². The molecule has 1 aliphatic rings. The molecule has 5 heteroatoms. The largest absolute Gasteiger partial charge is 0.508 e. The number of benzene rings is 3. The SMILES string of the molecule is CC(C)(C)c1ccccc1C(=O)N(c1ccc(O)cc1)c1ccc(OCCN2CCCCC2)cc1. The molecule has 1 aliphatic heterocycles. The molecule has 1 saturated heterocycles. The number of likely N-dealkylation sites (tertiary alicyclic amines) is 1. The summed E-state index contributed by atoms with van der Waals surface area (Å²) in [6, 6.07) is 22.2. The lowest BCUT2D eigenvalue weighted by atomic mass is 9.83. The third-order valence-corrected chi connectivity index (χ3v) is 6.50. The average molecular weight is 473 g/mol. The van der Waals surface area contributed by atoms with Crippen LogP contribution in [0.25, 0.3) is 0 Å². The van der Waals surface area contributed by atoms with E-state index < -0.39 is 0 Å². The Kier molecular flexibility index (Phi) is 7.76. The van der Waals surface area contributed by atoms with Crippen LogP contribution >= 0.6 is 0 Å². The molecule has 0 radical (unpaired) electrons. The van der Waals surface area contributed by atoms with Gasteiger partial charge in [-0.05, 0) is 91.5 Å². The van der Waals surface area contributed by atoms with E-state index in [-0.39, 0.29) is 17.1 Å². The number of anilines is 2. The number of hydrogen-bond acceptors (Lipinski definition) is 4. The molecule has 0 saturated carbocycles. The van der Waals surface area contributed by atoms with E-state index in [1.807, 2.05) is 48.5 Å². The Morgan fingerprint density at radius 1 is 0.886 bits per heavy atom. The van der Waals surface area contributed by atoms with Crippen LogP contribution in [0.15, 0.2) is 72.8 Å². The van der Waals surface area contributed by atoms with E-state index in [4.69, 9.17) is 4.74 Å². The van der Waals surface area contributed by atoms with Crippen LogP contribution in [0, 0.1) is 0 Å². The number of hydrogen-bond donors (Lipinski definition) is 1. The molecule has 0 aliphatic carbocycles. The zero-order valence-corrected chi connectivity index (χ0v) is 21.0. The second kappa shape index (κ2) is 11.0. The van der Waals surface area contributed by atoms with Crippen molar-refractivity contribution in [3.05, 3.63) is 83.9 Å². The van der Waals surface area contributed by atoms with Crippen molar-refractivity contribution in [3.63, 3.8) is 0 Å². The second-order valence-electron chi connectivity index (χ2n) is 10.2. The van der Waals surface area contributed by atoms with Gasteiger partial charge in [0, 0.05) is 23.5 Å². The molecule has 1 N–H and O–H groups in total. The molecule has 0 spiro atoms. The number of ether oxygens (including phenoxy) is 1. The Hall–Kier alpha value is -3.31. The molecule has 35 heavy (non-hydrogen) atoms. The number of carbonyl (C=O) groups is 1. The third kappa shape index (κ3) is 6.23. The highest BCUT2D eigenvalue weighted by Crippen LogP contribution is 2.33. The number of aromatic hydroxyl groups is 1. The molecule has 1 fully saturated rings. The zero-order chi connectivity index (χ0) is 24.8. The predicted octanol–water partition coefficient (Wildman–Crippen LogP) is 6.53. The molecule has 1 amide bonds. The summed E-state index contributed by atoms with van der Waals surface area (Å²) in [6.45, 7) is 10.2. The Morgan fingerprint density at radius 3 is 2.11 bits per heavy atom. The van der Waals surface area contributed by atoms with Crippen LogP contribution in [0.3, 0.4) is 0 Å². The van der Waals surface area contributed by atoms with Gasteiger partial charge in [0.25, 0.3) is 5.91 Å². The Bertz CT molecular complexity index is 1110. The summed E-state index contributed by atoms with van der Waals surface area (Å²) in [5, 5.41) is 9.81. The van der Waals surface area contributed by atoms with Gasteiger partial charge in [-0.15, -0.1) is 0 Å². The summed E-state index contributed by atoms with van der Waals surface area (Å²) >= 11 is 0. The quantitative estimate of drug-likeness (QED) is 0.425. The van der Waals surface area contributed by atoms with E-state index >= 15 is 0 Å². The summed E-state index contributed by atoms with van der Waals surface area (Å²) in [4.78, 5) is 18.1. The normalized spacial score (nSPS) is 14.5. The van der Waals surface area contributed by atoms with E-state index in [0.29, 0.717) is 17.9 Å². The Morgan fingerprint density at radius 2 is 1.49 bits per heavy atom. The van der Waals surface area contributed by atoms with Crippen LogP contribution in [0.1, 0.15) is 56.0 Å². The lowest BCUT2D eigenvalue weighted by molar-refractivity contribution is 0.0997. The van der Waals surface area contributed by atoms with Crippen LogP contribution in [0.2, 0.25) is 0 Å². The molecule has 0 unspecified atom stereocenters. The second-order valence-corrected chi connectivity index (χ2v) is 10.2. The fourth-order valence-corrected chi connectivity index (χ4v) is 4.60. The fourth-order valence-electron chi connectivity index (χ4n) is 4.60. The zero-order valence-electron chi connectivity index (χ0n) is 21.0. The van der Waals surface area contributed by atoms with Gasteiger partial charge in [-0.1, -0.05) is 45.4 Å². The Labute approximate surface area is 209 Å². The molecule has 3 aromatic rings. The van der Waals surface area contributed by atoms with Crippen molar-refractivity contribution in [1.29, 1.82) is 0 Å². The summed E-state index contributed by atoms with van der Waals surface area (Å²) in [5.41, 5.74) is 2.91. The lowest BCUT2D eigenvalue weighted by Gasteiger charge is -2.28. The average Bonchev–Trinajstić information content (AvgIpc) is 2.86. The highest BCUT2D eigenvalue weighted by Gasteiger charge is 2.26. The molecule has 0 aromatic heterocycles. The van der Waals surface area contributed by atoms with Gasteiger partial charge in [-0.2, -0.15) is 0 Å². The minimum atomic E-state index is -0.182. The van der Waals surface area contributed by atoms with Crippen molar-refractivity contribution in [1.82, 2.24) is 4.90 Å². The number of nitrogens with zero attached hydrogens (tertiary/aromatic N) is 2. The van der Waals surface area contributed by atoms with Crippen LogP contribution in [-0.4, -0.2) is 42.2 Å². The molecule has 4 rings (SSSR count). The van der Waals surface area contributed by atoms with E-state index in [2.05, 4.69) is 25.7 Å². The molecule has 184 valence electrons. The van der Waals surface area contributed by atoms with Crippen molar-refractivity contribution in [2.75, 3.05) is 31.1 Å². The van der Waals surface area contributed by atoms with Gasteiger partial charge >= 0.3 is 0 Å². The van der Waals surface area contributed by atoms with Crippen LogP contribution < -0.4 is 9.64 Å². The molecular weight excluding hydrogens is 436 g/mol. The molecule has 5 nitrogen and oxygen atoms in total. The number of rotatable bonds is 7. The first kappa shape index (κ1) is 24.8. The molecule has 0 bridgehead atoms. The van der Waals surface area contributed by atoms with Crippen molar-refractivity contribution >= 4 is 17.3 Å². The van der Waals surface area contributed by atoms with Crippen molar-refractivity contribution in [2.24, 2.45) is 0 Å². The molecular formula is C30H36N2O3. The van der Waals surface area contributed by atoms with E-state index in [9.17, 15) is 9.90 Å². The van der Waals surface area contributed by atoms with E-state index in [0.717, 1.165) is 36.6 Å². The van der Waals surface area contributed by atoms with Crippen molar-refractivity contribution in [2.45, 2.75) is 45.4 Å². The number of piperidine rings is 1. The van der Waals surface area contributed by atoms with Gasteiger partial charge < -0.3 is 9.84 Å². The number of carbonyl (C=O) groups excluding carboxylic acids is 1. The monoisotopic (exact) mass is 472 g/mol. The maximum Gasteiger partial charge on any atom is 0.263 e. The van der Waals surface area contributed by atoms with Crippen molar-refractivity contribution < 1.29 is 14.6 Å². The number of amides is 1. The molecule has 1 heterocycles. The fraction of sp³-hybridized carbons (Fsp3) is 0.367. The highest BCUT2D eigenvalue weighted by atomic mass is 16.5. The Balaban J connectivity index is 1.58. The van der Waals surface area contributed by atoms with Gasteiger partial charge in [0.05, 0.1) is 0 Å². The summed E-state index contributed by atoms with van der Waals surface area (Å²) < 4.78 is 6.00. The number of phenols is 1. The van der Waals surface area contributed by atoms with Gasteiger partial charge in [-0.25, -0.2) is 0 Å². The predicted molar refractivity (Wildman–Crippen MR) is 142 cm³/mol. The topological polar surface area (TPSA) is 53.0 Å². The highest BCUT2D eigenvalue weighted by molar-refractivity contribution is 6.11. The van der Waals surface area contributed by atoms with E-state index in [1.54, 1.807) is 29.2 Å². The summed E-state index contributed by atoms with van der Waals surface area (Å²) in [6.07, 6.45) is 3.87. The summed E-state index contributed by atoms with van der Waals surface area (Å²) in [5.74, 6) is 0.840. The first-order valence-electron chi connectivity index (χ1n) is 12.5. The first-order chi connectivity index (χ1) is 16.8. The maximum absolute atomic E-state index is 14.0. The molecule has 3 aromatic carbocycles. The maximum atomic E-state index is 14.0. The molecule has 0 atom stereocenters. The van der Waals surface area contributed by atoms with Gasteiger partial charge in [0.15, 0.2) is 0 Å². The van der Waals surface area contributed by atoms with Gasteiger partial charge in [0.1, 0.15) is 18.1 Å². The minimum Gasteiger partial charge on any atom is -0.508 e. The smallest absolute Gasteiger partial charge is 0.263 e. The van der Waals surface area contributed by atoms with Crippen molar-refractivity contribution in [3.8, 4) is 11.5 Å². The van der Waals surface area contributed by atoms with Gasteiger partial charge in [0.2, 0.25) is 0 Å². The third-order valence-electron chi connectivity index (χ3n) is 6.50. The standard InChI is InChI=1S/C30H36N2O3/c1-30(2,3)28-10-6-5-9-27(28)29(34)32(23-11-15-25(33)16-12-23)24-13-17-26(18-14-24)35-22-21-31-19-7-4-8-20-31/h5-6,9-18,33H,4,7-8,19-22H2,1-3H3. The first-order valence-corrected chi connectivity index (χ1v) is 12.5. The lowest BCUT2D eigenvalue weighted by Crippen LogP contribution is -2.33. The van der Waals surface area contributed by atoms with Gasteiger partial charge in [-0.3, -0.25) is 14.6 Å². The number of phenolic OH excluding ortho intramolecular Hbond substituents is 1. The van der Waals surface area contributed by atoms with E-state index in [1.165, 1.54) is 19.3 Å². The minimum absolute atomic E-state index is 0.111. The van der Waals surface area contributed by atoms with Crippen LogP contribution in [-0.2, 0) is 5.41 Å². The summed E-state index contributed by atoms with van der Waals surface area (Å²) in [7, 11) is 0. The van der Waals surface area contributed by atoms with Crippen LogP contribution in [0.5, 0.6) is 11.5 Å².